The predicted octanol–water partition coefficient (Wildman–Crippen LogP) is 2.42. The van der Waals surface area contributed by atoms with Gasteiger partial charge in [0.05, 0.1) is 16.6 Å². The van der Waals surface area contributed by atoms with Crippen molar-refractivity contribution in [1.29, 1.82) is 0 Å². The van der Waals surface area contributed by atoms with Crippen LogP contribution >= 0.6 is 11.6 Å². The van der Waals surface area contributed by atoms with E-state index in [1.807, 2.05) is 6.92 Å². The maximum absolute atomic E-state index is 10.5. The van der Waals surface area contributed by atoms with E-state index in [0.29, 0.717) is 19.0 Å². The number of rotatable bonds is 4. The van der Waals surface area contributed by atoms with Crippen LogP contribution in [0.15, 0.2) is 18.2 Å². The molecule has 1 aliphatic rings. The first-order valence-electron chi connectivity index (χ1n) is 4.71. The summed E-state index contributed by atoms with van der Waals surface area (Å²) < 4.78 is 10.6. The van der Waals surface area contributed by atoms with Crippen LogP contribution in [0.3, 0.4) is 0 Å². The molecule has 1 saturated heterocycles. The molecule has 0 radical (unpaired) electrons. The first-order valence-corrected chi connectivity index (χ1v) is 5.09. The van der Waals surface area contributed by atoms with Crippen LogP contribution in [0, 0.1) is 10.1 Å². The van der Waals surface area contributed by atoms with Crippen LogP contribution in [0.25, 0.3) is 0 Å². The first kappa shape index (κ1) is 11.2. The third kappa shape index (κ3) is 2.43. The van der Waals surface area contributed by atoms with Gasteiger partial charge >= 0.3 is 0 Å². The molecule has 0 bridgehead atoms. The van der Waals surface area contributed by atoms with Crippen LogP contribution in [0.5, 0.6) is 5.75 Å². The molecule has 6 heteroatoms. The summed E-state index contributed by atoms with van der Waals surface area (Å²) in [5, 5.41) is 10.7. The molecule has 1 aliphatic heterocycles. The van der Waals surface area contributed by atoms with Crippen LogP contribution < -0.4 is 4.74 Å². The zero-order valence-corrected chi connectivity index (χ0v) is 9.36. The highest BCUT2D eigenvalue weighted by molar-refractivity contribution is 6.32. The fourth-order valence-electron chi connectivity index (χ4n) is 1.16. The molecule has 0 saturated carbocycles. The molecule has 1 aromatic carbocycles. The second kappa shape index (κ2) is 3.92. The normalized spacial score (nSPS) is 22.9. The van der Waals surface area contributed by atoms with Crippen LogP contribution in [0.2, 0.25) is 5.02 Å². The van der Waals surface area contributed by atoms with E-state index in [4.69, 9.17) is 21.1 Å². The molecule has 0 aliphatic carbocycles. The molecule has 2 rings (SSSR count). The van der Waals surface area contributed by atoms with Gasteiger partial charge in [-0.05, 0) is 13.0 Å². The molecule has 1 atom stereocenters. The monoisotopic (exact) mass is 243 g/mol. The van der Waals surface area contributed by atoms with Gasteiger partial charge in [0.15, 0.2) is 0 Å². The van der Waals surface area contributed by atoms with Crippen LogP contribution in [0.4, 0.5) is 5.69 Å². The van der Waals surface area contributed by atoms with Gasteiger partial charge in [-0.1, -0.05) is 11.6 Å². The van der Waals surface area contributed by atoms with Crippen molar-refractivity contribution in [1.82, 2.24) is 0 Å². The van der Waals surface area contributed by atoms with Gasteiger partial charge in [0.1, 0.15) is 18.0 Å². The number of hydrogen-bond acceptors (Lipinski definition) is 4. The minimum atomic E-state index is -0.499. The topological polar surface area (TPSA) is 64.9 Å². The Morgan fingerprint density at radius 2 is 2.38 bits per heavy atom. The summed E-state index contributed by atoms with van der Waals surface area (Å²) in [6.07, 6.45) is 0. The van der Waals surface area contributed by atoms with Crippen molar-refractivity contribution in [3.8, 4) is 5.75 Å². The number of epoxide rings is 1. The Morgan fingerprint density at radius 3 is 2.88 bits per heavy atom. The number of nitro groups is 1. The maximum atomic E-state index is 10.5. The summed E-state index contributed by atoms with van der Waals surface area (Å²) in [5.41, 5.74) is -0.281. The third-order valence-electron chi connectivity index (χ3n) is 2.30. The van der Waals surface area contributed by atoms with Crippen LogP contribution in [0.1, 0.15) is 6.92 Å². The van der Waals surface area contributed by atoms with E-state index in [9.17, 15) is 10.1 Å². The summed E-state index contributed by atoms with van der Waals surface area (Å²) >= 11 is 5.85. The molecule has 86 valence electrons. The van der Waals surface area contributed by atoms with E-state index in [0.717, 1.165) is 0 Å². The Bertz CT molecular complexity index is 431. The summed E-state index contributed by atoms with van der Waals surface area (Å²) in [6.45, 7) is 2.98. The number of hydrogen-bond donors (Lipinski definition) is 0. The third-order valence-corrected chi connectivity index (χ3v) is 2.59. The molecule has 1 unspecified atom stereocenters. The maximum Gasteiger partial charge on any atom is 0.271 e. The Balaban J connectivity index is 2.07. The lowest BCUT2D eigenvalue weighted by molar-refractivity contribution is -0.384. The Morgan fingerprint density at radius 1 is 1.69 bits per heavy atom. The largest absolute Gasteiger partial charge is 0.489 e. The van der Waals surface area contributed by atoms with Crippen molar-refractivity contribution in [3.05, 3.63) is 33.3 Å². The molecule has 16 heavy (non-hydrogen) atoms. The van der Waals surface area contributed by atoms with Gasteiger partial charge in [0, 0.05) is 12.1 Å². The highest BCUT2D eigenvalue weighted by atomic mass is 35.5. The van der Waals surface area contributed by atoms with Gasteiger partial charge in [-0.2, -0.15) is 0 Å². The predicted molar refractivity (Wildman–Crippen MR) is 58.0 cm³/mol. The Hall–Kier alpha value is -1.33. The standard InChI is InChI=1S/C10H10ClNO4/c1-10(6-16-10)5-15-9-3-2-7(12(13)14)4-8(9)11/h2-4H,5-6H2,1H3. The molecule has 0 spiro atoms. The van der Waals surface area contributed by atoms with Gasteiger partial charge in [0.25, 0.3) is 5.69 Å². The molecule has 0 amide bonds. The van der Waals surface area contributed by atoms with E-state index in [1.165, 1.54) is 18.2 Å². The zero-order valence-electron chi connectivity index (χ0n) is 8.60. The van der Waals surface area contributed by atoms with E-state index in [2.05, 4.69) is 0 Å². The summed E-state index contributed by atoms with van der Waals surface area (Å²) in [6, 6.07) is 4.12. The molecule has 1 aromatic rings. The molecule has 0 aromatic heterocycles. The molecule has 5 nitrogen and oxygen atoms in total. The van der Waals surface area contributed by atoms with Crippen LogP contribution in [-0.2, 0) is 4.74 Å². The van der Waals surface area contributed by atoms with Crippen molar-refractivity contribution in [2.24, 2.45) is 0 Å². The summed E-state index contributed by atoms with van der Waals surface area (Å²) in [4.78, 5) is 9.98. The quantitative estimate of drug-likeness (QED) is 0.463. The second-order valence-electron chi connectivity index (χ2n) is 3.90. The zero-order chi connectivity index (χ0) is 11.8. The molecule has 1 heterocycles. The fourth-order valence-corrected chi connectivity index (χ4v) is 1.39. The lowest BCUT2D eigenvalue weighted by Crippen LogP contribution is -2.17. The van der Waals surface area contributed by atoms with Crippen molar-refractivity contribution in [2.75, 3.05) is 13.2 Å². The van der Waals surface area contributed by atoms with Gasteiger partial charge in [0.2, 0.25) is 0 Å². The minimum Gasteiger partial charge on any atom is -0.489 e. The van der Waals surface area contributed by atoms with Gasteiger partial charge < -0.3 is 9.47 Å². The lowest BCUT2D eigenvalue weighted by atomic mass is 10.2. The number of ether oxygens (including phenoxy) is 2. The van der Waals surface area contributed by atoms with E-state index >= 15 is 0 Å². The highest BCUT2D eigenvalue weighted by Gasteiger charge is 2.40. The second-order valence-corrected chi connectivity index (χ2v) is 4.31. The fraction of sp³-hybridized carbons (Fsp3) is 0.400. The van der Waals surface area contributed by atoms with E-state index < -0.39 is 4.92 Å². The SMILES string of the molecule is CC1(COc2ccc([N+](=O)[O-])cc2Cl)CO1. The number of halogens is 1. The van der Waals surface area contributed by atoms with Crippen molar-refractivity contribution in [3.63, 3.8) is 0 Å². The van der Waals surface area contributed by atoms with Gasteiger partial charge in [-0.15, -0.1) is 0 Å². The summed E-state index contributed by atoms with van der Waals surface area (Å²) in [5.74, 6) is 0.434. The average Bonchev–Trinajstić information content (AvgIpc) is 2.95. The number of nitro benzene ring substituents is 1. The Labute approximate surface area is 97.1 Å². The molecular formula is C10H10ClNO4. The molecular weight excluding hydrogens is 234 g/mol. The van der Waals surface area contributed by atoms with E-state index in [-0.39, 0.29) is 16.3 Å². The first-order chi connectivity index (χ1) is 7.50. The number of benzene rings is 1. The van der Waals surface area contributed by atoms with Crippen LogP contribution in [-0.4, -0.2) is 23.7 Å². The van der Waals surface area contributed by atoms with Crippen molar-refractivity contribution in [2.45, 2.75) is 12.5 Å². The average molecular weight is 244 g/mol. The Kier molecular flexibility index (Phi) is 2.73. The van der Waals surface area contributed by atoms with E-state index in [1.54, 1.807) is 0 Å². The van der Waals surface area contributed by atoms with Crippen molar-refractivity contribution < 1.29 is 14.4 Å². The minimum absolute atomic E-state index is 0.0498. The van der Waals surface area contributed by atoms with Gasteiger partial charge in [-0.25, -0.2) is 0 Å². The van der Waals surface area contributed by atoms with Crippen molar-refractivity contribution >= 4 is 17.3 Å². The molecule has 1 fully saturated rings. The number of non-ortho nitro benzene ring substituents is 1. The van der Waals surface area contributed by atoms with Gasteiger partial charge in [-0.3, -0.25) is 10.1 Å². The summed E-state index contributed by atoms with van der Waals surface area (Å²) in [7, 11) is 0. The highest BCUT2D eigenvalue weighted by Crippen LogP contribution is 2.32. The number of nitrogens with zero attached hydrogens (tertiary/aromatic N) is 1. The lowest BCUT2D eigenvalue weighted by Gasteiger charge is -2.09. The smallest absolute Gasteiger partial charge is 0.271 e. The molecule has 0 N–H and O–H groups in total.